The molecule has 1 atom stereocenters. The average Bonchev–Trinajstić information content (AvgIpc) is 2.54. The van der Waals surface area contributed by atoms with E-state index < -0.39 is 6.09 Å². The number of halogens is 1. The van der Waals surface area contributed by atoms with Crippen LogP contribution in [-0.4, -0.2) is 30.3 Å². The van der Waals surface area contributed by atoms with Crippen molar-refractivity contribution in [1.82, 2.24) is 4.98 Å². The zero-order valence-electron chi connectivity index (χ0n) is 13.0. The number of pyridine rings is 1. The fourth-order valence-corrected chi connectivity index (χ4v) is 3.32. The Kier molecular flexibility index (Phi) is 4.57. The number of fused-ring (bicyclic) bond motifs is 1. The van der Waals surface area contributed by atoms with Crippen LogP contribution >= 0.6 is 11.6 Å². The molecule has 0 spiro atoms. The Hall–Kier alpha value is -2.01. The number of piperidine rings is 1. The molecule has 1 aromatic carbocycles. The highest BCUT2D eigenvalue weighted by atomic mass is 35.5. The van der Waals surface area contributed by atoms with Crippen molar-refractivity contribution in [3.8, 4) is 0 Å². The van der Waals surface area contributed by atoms with Gasteiger partial charge in [0.05, 0.1) is 5.52 Å². The van der Waals surface area contributed by atoms with Gasteiger partial charge in [-0.25, -0.2) is 9.78 Å². The van der Waals surface area contributed by atoms with Gasteiger partial charge in [0.15, 0.2) is 0 Å². The molecule has 0 bridgehead atoms. The summed E-state index contributed by atoms with van der Waals surface area (Å²) in [4.78, 5) is 17.8. The monoisotopic (exact) mass is 333 g/mol. The first-order chi connectivity index (χ1) is 11.0. The minimum atomic E-state index is -0.699. The average molecular weight is 334 g/mol. The fraction of sp³-hybridized carbons (Fsp3) is 0.412. The molecule has 1 aliphatic heterocycles. The lowest BCUT2D eigenvalue weighted by atomic mass is 9.92. The SMILES string of the molecule is CC(OC(N)=O)C1CCN(c2ccc3cc(Cl)ccc3n2)CC1. The second-order valence-electron chi connectivity index (χ2n) is 5.97. The van der Waals surface area contributed by atoms with E-state index in [1.165, 1.54) is 0 Å². The van der Waals surface area contributed by atoms with Crippen molar-refractivity contribution in [3.63, 3.8) is 0 Å². The standard InChI is InChI=1S/C17H20ClN3O2/c1-11(23-17(19)22)12-6-8-21(9-7-12)16-5-2-13-10-14(18)3-4-15(13)20-16/h2-5,10-12H,6-9H2,1H3,(H2,19,22). The highest BCUT2D eigenvalue weighted by Crippen LogP contribution is 2.27. The van der Waals surface area contributed by atoms with E-state index in [-0.39, 0.29) is 6.10 Å². The van der Waals surface area contributed by atoms with Crippen molar-refractivity contribution in [3.05, 3.63) is 35.4 Å². The van der Waals surface area contributed by atoms with Gasteiger partial charge >= 0.3 is 6.09 Å². The van der Waals surface area contributed by atoms with Gasteiger partial charge < -0.3 is 15.4 Å². The Morgan fingerprint density at radius 3 is 2.78 bits per heavy atom. The van der Waals surface area contributed by atoms with Crippen LogP contribution in [0, 0.1) is 5.92 Å². The number of nitrogens with two attached hydrogens (primary N) is 1. The van der Waals surface area contributed by atoms with E-state index in [9.17, 15) is 4.79 Å². The van der Waals surface area contributed by atoms with Crippen molar-refractivity contribution in [1.29, 1.82) is 0 Å². The lowest BCUT2D eigenvalue weighted by molar-refractivity contribution is 0.0709. The first-order valence-electron chi connectivity index (χ1n) is 7.80. The van der Waals surface area contributed by atoms with E-state index in [1.807, 2.05) is 31.2 Å². The molecule has 1 unspecified atom stereocenters. The molecule has 1 aromatic heterocycles. The summed E-state index contributed by atoms with van der Waals surface area (Å²) in [5.41, 5.74) is 6.03. The second-order valence-corrected chi connectivity index (χ2v) is 6.41. The second kappa shape index (κ2) is 6.62. The third kappa shape index (κ3) is 3.67. The van der Waals surface area contributed by atoms with Gasteiger partial charge in [-0.1, -0.05) is 11.6 Å². The van der Waals surface area contributed by atoms with Crippen LogP contribution in [0.1, 0.15) is 19.8 Å². The molecule has 0 saturated carbocycles. The maximum Gasteiger partial charge on any atom is 0.404 e. The lowest BCUT2D eigenvalue weighted by Gasteiger charge is -2.35. The minimum absolute atomic E-state index is 0.138. The van der Waals surface area contributed by atoms with Crippen LogP contribution in [0.15, 0.2) is 30.3 Å². The predicted molar refractivity (Wildman–Crippen MR) is 91.8 cm³/mol. The Balaban J connectivity index is 1.68. The number of anilines is 1. The zero-order valence-corrected chi connectivity index (χ0v) is 13.8. The van der Waals surface area contributed by atoms with Gasteiger partial charge in [0.1, 0.15) is 11.9 Å². The maximum atomic E-state index is 10.9. The van der Waals surface area contributed by atoms with Crippen LogP contribution in [0.25, 0.3) is 10.9 Å². The quantitative estimate of drug-likeness (QED) is 0.932. The van der Waals surface area contributed by atoms with Crippen LogP contribution in [-0.2, 0) is 4.74 Å². The molecular weight excluding hydrogens is 314 g/mol. The molecule has 2 aromatic rings. The third-order valence-electron chi connectivity index (χ3n) is 4.47. The number of rotatable bonds is 3. The molecule has 0 radical (unpaired) electrons. The first kappa shape index (κ1) is 15.9. The van der Waals surface area contributed by atoms with E-state index in [2.05, 4.69) is 11.0 Å². The molecule has 1 fully saturated rings. The molecule has 23 heavy (non-hydrogen) atoms. The topological polar surface area (TPSA) is 68.5 Å². The molecule has 2 heterocycles. The smallest absolute Gasteiger partial charge is 0.404 e. The van der Waals surface area contributed by atoms with E-state index >= 15 is 0 Å². The molecule has 1 amide bonds. The summed E-state index contributed by atoms with van der Waals surface area (Å²) >= 11 is 6.01. The Morgan fingerprint density at radius 2 is 2.09 bits per heavy atom. The molecule has 122 valence electrons. The Bertz CT molecular complexity index is 714. The number of carbonyl (C=O) groups is 1. The molecule has 0 aliphatic carbocycles. The minimum Gasteiger partial charge on any atom is -0.446 e. The summed E-state index contributed by atoms with van der Waals surface area (Å²) in [5.74, 6) is 1.32. The molecule has 6 heteroatoms. The van der Waals surface area contributed by atoms with Crippen LogP contribution in [0.4, 0.5) is 10.6 Å². The molecular formula is C17H20ClN3O2. The molecule has 1 aliphatic rings. The van der Waals surface area contributed by atoms with Crippen molar-refractivity contribution >= 4 is 34.4 Å². The predicted octanol–water partition coefficient (Wildman–Crippen LogP) is 3.59. The van der Waals surface area contributed by atoms with E-state index in [1.54, 1.807) is 0 Å². The maximum absolute atomic E-state index is 10.9. The van der Waals surface area contributed by atoms with Crippen molar-refractivity contribution in [2.75, 3.05) is 18.0 Å². The Labute approximate surface area is 140 Å². The number of benzene rings is 1. The number of nitrogens with zero attached hydrogens (tertiary/aromatic N) is 2. The van der Waals surface area contributed by atoms with Gasteiger partial charge in [-0.3, -0.25) is 0 Å². The number of primary amides is 1. The van der Waals surface area contributed by atoms with Gasteiger partial charge in [-0.05, 0) is 56.0 Å². The van der Waals surface area contributed by atoms with Crippen LogP contribution in [0.2, 0.25) is 5.02 Å². The van der Waals surface area contributed by atoms with Crippen LogP contribution < -0.4 is 10.6 Å². The van der Waals surface area contributed by atoms with Crippen molar-refractivity contribution < 1.29 is 9.53 Å². The number of carbonyl (C=O) groups excluding carboxylic acids is 1. The van der Waals surface area contributed by atoms with Gasteiger partial charge in [0.25, 0.3) is 0 Å². The third-order valence-corrected chi connectivity index (χ3v) is 4.70. The van der Waals surface area contributed by atoms with Gasteiger partial charge in [-0.15, -0.1) is 0 Å². The number of aromatic nitrogens is 1. The summed E-state index contributed by atoms with van der Waals surface area (Å²) in [6.45, 7) is 3.69. The summed E-state index contributed by atoms with van der Waals surface area (Å²) in [5, 5.41) is 1.76. The van der Waals surface area contributed by atoms with E-state index in [0.29, 0.717) is 5.92 Å². The zero-order chi connectivity index (χ0) is 16.4. The van der Waals surface area contributed by atoms with Gasteiger partial charge in [0, 0.05) is 23.5 Å². The summed E-state index contributed by atoms with van der Waals surface area (Å²) in [7, 11) is 0. The highest BCUT2D eigenvalue weighted by Gasteiger charge is 2.26. The first-order valence-corrected chi connectivity index (χ1v) is 8.18. The molecule has 5 nitrogen and oxygen atoms in total. The molecule has 2 N–H and O–H groups in total. The summed E-state index contributed by atoms with van der Waals surface area (Å²) in [6, 6.07) is 9.80. The molecule has 1 saturated heterocycles. The summed E-state index contributed by atoms with van der Waals surface area (Å²) < 4.78 is 5.09. The number of ether oxygens (including phenoxy) is 1. The van der Waals surface area contributed by atoms with Gasteiger partial charge in [0.2, 0.25) is 0 Å². The van der Waals surface area contributed by atoms with Crippen LogP contribution in [0.3, 0.4) is 0 Å². The number of amides is 1. The Morgan fingerprint density at radius 1 is 1.35 bits per heavy atom. The highest BCUT2D eigenvalue weighted by molar-refractivity contribution is 6.31. The molecule has 3 rings (SSSR count). The van der Waals surface area contributed by atoms with Gasteiger partial charge in [-0.2, -0.15) is 0 Å². The van der Waals surface area contributed by atoms with Crippen molar-refractivity contribution in [2.45, 2.75) is 25.9 Å². The van der Waals surface area contributed by atoms with E-state index in [4.69, 9.17) is 27.1 Å². The largest absolute Gasteiger partial charge is 0.446 e. The van der Waals surface area contributed by atoms with Crippen LogP contribution in [0.5, 0.6) is 0 Å². The number of hydrogen-bond donors (Lipinski definition) is 1. The van der Waals surface area contributed by atoms with E-state index in [0.717, 1.165) is 47.7 Å². The number of hydrogen-bond acceptors (Lipinski definition) is 4. The fourth-order valence-electron chi connectivity index (χ4n) is 3.14. The van der Waals surface area contributed by atoms with Crippen molar-refractivity contribution in [2.24, 2.45) is 11.7 Å². The lowest BCUT2D eigenvalue weighted by Crippen LogP contribution is -2.39. The normalized spacial score (nSPS) is 17.2. The summed E-state index contributed by atoms with van der Waals surface area (Å²) in [6.07, 6.45) is 1.07.